The molecule has 0 aliphatic heterocycles. The Hall–Kier alpha value is -1.62. The summed E-state index contributed by atoms with van der Waals surface area (Å²) in [5.74, 6) is -0.485. The van der Waals surface area contributed by atoms with Crippen LogP contribution >= 0.6 is 15.9 Å². The number of alkyl halides is 3. The molecule has 0 heterocycles. The molecular weight excluding hydrogens is 369 g/mol. The highest BCUT2D eigenvalue weighted by Gasteiger charge is 2.30. The number of Topliss-reactive ketones (excluding diaryl/α,β-unsaturated/α-hetero) is 1. The maximum absolute atomic E-state index is 12.7. The number of carbonyl (C=O) groups excluding carboxylic acids is 1. The minimum absolute atomic E-state index is 0.0173. The van der Waals surface area contributed by atoms with E-state index in [4.69, 9.17) is 0 Å². The summed E-state index contributed by atoms with van der Waals surface area (Å²) in [5.41, 5.74) is 1.56. The van der Waals surface area contributed by atoms with Crippen LogP contribution in [0.5, 0.6) is 0 Å². The minimum atomic E-state index is -4.40. The number of carbonyl (C=O) groups is 1. The standard InChI is InChI=1S/C18H16BrF3O/c1-11-6-7-14(10-16(11)19)12(2)17(23)9-13-4-3-5-15(8-13)18(20,21)22/h3-8,10,12H,9H2,1-2H3. The molecule has 0 saturated carbocycles. The lowest BCUT2D eigenvalue weighted by Gasteiger charge is -2.13. The first kappa shape index (κ1) is 17.7. The molecule has 5 heteroatoms. The molecule has 2 rings (SSSR count). The van der Waals surface area contributed by atoms with Crippen molar-refractivity contribution < 1.29 is 18.0 Å². The van der Waals surface area contributed by atoms with Crippen LogP contribution in [-0.4, -0.2) is 5.78 Å². The van der Waals surface area contributed by atoms with Crippen molar-refractivity contribution in [3.8, 4) is 0 Å². The third-order valence-electron chi connectivity index (χ3n) is 3.81. The summed E-state index contributed by atoms with van der Waals surface area (Å²) < 4.78 is 39.1. The number of aryl methyl sites for hydroxylation is 1. The molecule has 0 aromatic heterocycles. The molecular formula is C18H16BrF3O. The molecule has 1 unspecified atom stereocenters. The molecule has 2 aromatic carbocycles. The first-order chi connectivity index (χ1) is 10.7. The van der Waals surface area contributed by atoms with Gasteiger partial charge in [0.2, 0.25) is 0 Å². The van der Waals surface area contributed by atoms with E-state index in [0.29, 0.717) is 5.56 Å². The van der Waals surface area contributed by atoms with Gasteiger partial charge >= 0.3 is 6.18 Å². The van der Waals surface area contributed by atoms with E-state index >= 15 is 0 Å². The van der Waals surface area contributed by atoms with E-state index in [0.717, 1.165) is 27.7 Å². The van der Waals surface area contributed by atoms with Crippen molar-refractivity contribution in [3.05, 3.63) is 69.2 Å². The number of rotatable bonds is 4. The molecule has 0 saturated heterocycles. The SMILES string of the molecule is Cc1ccc(C(C)C(=O)Cc2cccc(C(F)(F)F)c2)cc1Br. The van der Waals surface area contributed by atoms with Gasteiger partial charge < -0.3 is 0 Å². The summed E-state index contributed by atoms with van der Waals surface area (Å²) in [5, 5.41) is 0. The molecule has 23 heavy (non-hydrogen) atoms. The number of hydrogen-bond acceptors (Lipinski definition) is 1. The van der Waals surface area contributed by atoms with Crippen molar-refractivity contribution in [2.45, 2.75) is 32.4 Å². The molecule has 0 aliphatic rings. The average Bonchev–Trinajstić information content (AvgIpc) is 2.48. The van der Waals surface area contributed by atoms with Crippen LogP contribution < -0.4 is 0 Å². The molecule has 0 aliphatic carbocycles. The normalized spacial score (nSPS) is 13.0. The van der Waals surface area contributed by atoms with Crippen LogP contribution in [0.15, 0.2) is 46.9 Å². The fourth-order valence-corrected chi connectivity index (χ4v) is 2.67. The predicted octanol–water partition coefficient (Wildman–Crippen LogP) is 5.69. The fourth-order valence-electron chi connectivity index (χ4n) is 2.28. The minimum Gasteiger partial charge on any atom is -0.299 e. The summed E-state index contributed by atoms with van der Waals surface area (Å²) in [6, 6.07) is 10.6. The summed E-state index contributed by atoms with van der Waals surface area (Å²) >= 11 is 3.43. The zero-order valence-electron chi connectivity index (χ0n) is 12.7. The van der Waals surface area contributed by atoms with Crippen LogP contribution in [0.4, 0.5) is 13.2 Å². The third-order valence-corrected chi connectivity index (χ3v) is 4.67. The highest BCUT2D eigenvalue weighted by Crippen LogP contribution is 2.30. The maximum atomic E-state index is 12.7. The van der Waals surface area contributed by atoms with E-state index in [2.05, 4.69) is 15.9 Å². The predicted molar refractivity (Wildman–Crippen MR) is 87.4 cm³/mol. The quantitative estimate of drug-likeness (QED) is 0.661. The van der Waals surface area contributed by atoms with Crippen molar-refractivity contribution in [3.63, 3.8) is 0 Å². The lowest BCUT2D eigenvalue weighted by Crippen LogP contribution is -2.13. The first-order valence-electron chi connectivity index (χ1n) is 7.13. The third kappa shape index (κ3) is 4.44. The van der Waals surface area contributed by atoms with Gasteiger partial charge in [0.1, 0.15) is 5.78 Å². The van der Waals surface area contributed by atoms with Gasteiger partial charge in [0.15, 0.2) is 0 Å². The molecule has 2 aromatic rings. The molecule has 0 fully saturated rings. The molecule has 122 valence electrons. The van der Waals surface area contributed by atoms with E-state index in [1.807, 2.05) is 25.1 Å². The summed E-state index contributed by atoms with van der Waals surface area (Å²) in [6.45, 7) is 3.72. The van der Waals surface area contributed by atoms with Crippen molar-refractivity contribution in [2.24, 2.45) is 0 Å². The van der Waals surface area contributed by atoms with Gasteiger partial charge in [-0.15, -0.1) is 0 Å². The van der Waals surface area contributed by atoms with Gasteiger partial charge in [-0.3, -0.25) is 4.79 Å². The lowest BCUT2D eigenvalue weighted by molar-refractivity contribution is -0.137. The molecule has 0 spiro atoms. The van der Waals surface area contributed by atoms with E-state index in [1.54, 1.807) is 13.0 Å². The highest BCUT2D eigenvalue weighted by molar-refractivity contribution is 9.10. The Morgan fingerprint density at radius 3 is 2.48 bits per heavy atom. The number of halogens is 4. The zero-order valence-corrected chi connectivity index (χ0v) is 14.3. The van der Waals surface area contributed by atoms with Gasteiger partial charge in [-0.05, 0) is 35.7 Å². The average molecular weight is 385 g/mol. The zero-order chi connectivity index (χ0) is 17.2. The second kappa shape index (κ2) is 6.87. The Morgan fingerprint density at radius 2 is 1.87 bits per heavy atom. The van der Waals surface area contributed by atoms with Crippen molar-refractivity contribution in [2.75, 3.05) is 0 Å². The molecule has 0 radical (unpaired) electrons. The first-order valence-corrected chi connectivity index (χ1v) is 7.92. The molecule has 1 atom stereocenters. The van der Waals surface area contributed by atoms with Crippen LogP contribution in [0.2, 0.25) is 0 Å². The Bertz CT molecular complexity index is 722. The maximum Gasteiger partial charge on any atom is 0.416 e. The van der Waals surface area contributed by atoms with Crippen LogP contribution in [0.3, 0.4) is 0 Å². The number of benzene rings is 2. The lowest BCUT2D eigenvalue weighted by atomic mass is 9.92. The van der Waals surface area contributed by atoms with E-state index in [9.17, 15) is 18.0 Å². The Morgan fingerprint density at radius 1 is 1.17 bits per heavy atom. The Balaban J connectivity index is 2.16. The van der Waals surface area contributed by atoms with Gasteiger partial charge in [0, 0.05) is 16.8 Å². The Labute approximate surface area is 141 Å². The number of ketones is 1. The monoisotopic (exact) mass is 384 g/mol. The van der Waals surface area contributed by atoms with E-state index < -0.39 is 11.7 Å². The van der Waals surface area contributed by atoms with Crippen LogP contribution in [0.1, 0.15) is 35.1 Å². The second-order valence-electron chi connectivity index (χ2n) is 5.57. The Kier molecular flexibility index (Phi) is 5.30. The summed E-state index contributed by atoms with van der Waals surface area (Å²) in [6.07, 6.45) is -4.41. The van der Waals surface area contributed by atoms with Gasteiger partial charge in [0.25, 0.3) is 0 Å². The van der Waals surface area contributed by atoms with Crippen LogP contribution in [0.25, 0.3) is 0 Å². The van der Waals surface area contributed by atoms with Gasteiger partial charge in [-0.1, -0.05) is 53.2 Å². The summed E-state index contributed by atoms with van der Waals surface area (Å²) in [7, 11) is 0. The van der Waals surface area contributed by atoms with Crippen molar-refractivity contribution in [1.29, 1.82) is 0 Å². The van der Waals surface area contributed by atoms with Crippen molar-refractivity contribution in [1.82, 2.24) is 0 Å². The van der Waals surface area contributed by atoms with E-state index in [1.165, 1.54) is 6.07 Å². The number of hydrogen-bond donors (Lipinski definition) is 0. The van der Waals surface area contributed by atoms with Gasteiger partial charge in [-0.2, -0.15) is 13.2 Å². The molecule has 0 N–H and O–H groups in total. The topological polar surface area (TPSA) is 17.1 Å². The fraction of sp³-hybridized carbons (Fsp3) is 0.278. The van der Waals surface area contributed by atoms with Gasteiger partial charge in [0.05, 0.1) is 5.56 Å². The van der Waals surface area contributed by atoms with E-state index in [-0.39, 0.29) is 18.1 Å². The molecule has 0 bridgehead atoms. The highest BCUT2D eigenvalue weighted by atomic mass is 79.9. The molecule has 1 nitrogen and oxygen atoms in total. The largest absolute Gasteiger partial charge is 0.416 e. The molecule has 0 amide bonds. The summed E-state index contributed by atoms with van der Waals surface area (Å²) in [4.78, 5) is 12.4. The smallest absolute Gasteiger partial charge is 0.299 e. The van der Waals surface area contributed by atoms with Crippen LogP contribution in [-0.2, 0) is 17.4 Å². The van der Waals surface area contributed by atoms with Crippen LogP contribution in [0, 0.1) is 6.92 Å². The second-order valence-corrected chi connectivity index (χ2v) is 6.43. The van der Waals surface area contributed by atoms with Gasteiger partial charge in [-0.25, -0.2) is 0 Å². The van der Waals surface area contributed by atoms with Crippen molar-refractivity contribution >= 4 is 21.7 Å².